The summed E-state index contributed by atoms with van der Waals surface area (Å²) in [6, 6.07) is 5.69. The molecule has 0 saturated carbocycles. The normalized spacial score (nSPS) is 14.4. The monoisotopic (exact) mass is 177 g/mol. The number of fused-ring (bicyclic) bond motifs is 1. The third kappa shape index (κ3) is 1.48. The Labute approximate surface area is 76.2 Å². The van der Waals surface area contributed by atoms with E-state index in [1.165, 1.54) is 0 Å². The van der Waals surface area contributed by atoms with Crippen LogP contribution in [0.25, 0.3) is 0 Å². The fourth-order valence-corrected chi connectivity index (χ4v) is 1.24. The second kappa shape index (κ2) is 3.06. The maximum atomic E-state index is 5.53. The Morgan fingerprint density at radius 1 is 1.46 bits per heavy atom. The molecule has 1 aromatic rings. The maximum absolute atomic E-state index is 5.53. The molecule has 0 aliphatic carbocycles. The van der Waals surface area contributed by atoms with Crippen LogP contribution in [0.15, 0.2) is 23.2 Å². The number of hydrogen-bond acceptors (Lipinski definition) is 4. The lowest BCUT2D eigenvalue weighted by atomic mass is 10.2. The van der Waals surface area contributed by atoms with Gasteiger partial charge in [-0.25, -0.2) is 4.99 Å². The molecular weight excluding hydrogens is 166 g/mol. The Hall–Kier alpha value is -1.55. The first-order chi connectivity index (χ1) is 6.29. The van der Waals surface area contributed by atoms with Gasteiger partial charge in [0.25, 0.3) is 0 Å². The van der Waals surface area contributed by atoms with Crippen molar-refractivity contribution in [3.63, 3.8) is 0 Å². The minimum atomic E-state index is 0.370. The van der Waals surface area contributed by atoms with E-state index in [0.29, 0.717) is 19.0 Å². The number of nitrogens with two attached hydrogens (primary N) is 2. The number of rotatable bonds is 1. The molecule has 0 unspecified atom stereocenters. The number of hydrogen-bond donors (Lipinski definition) is 2. The molecule has 0 atom stereocenters. The second-order valence-electron chi connectivity index (χ2n) is 2.90. The van der Waals surface area contributed by atoms with E-state index in [1.807, 2.05) is 18.2 Å². The van der Waals surface area contributed by atoms with E-state index in [2.05, 4.69) is 4.99 Å². The molecule has 0 aromatic heterocycles. The van der Waals surface area contributed by atoms with Crippen LogP contribution in [0.1, 0.15) is 5.56 Å². The van der Waals surface area contributed by atoms with Crippen molar-refractivity contribution in [1.82, 2.24) is 0 Å². The summed E-state index contributed by atoms with van der Waals surface area (Å²) in [7, 11) is 0. The summed E-state index contributed by atoms with van der Waals surface area (Å²) >= 11 is 0. The van der Waals surface area contributed by atoms with Gasteiger partial charge >= 0.3 is 0 Å². The molecule has 68 valence electrons. The molecule has 0 spiro atoms. The third-order valence-electron chi connectivity index (χ3n) is 1.90. The molecule has 0 bridgehead atoms. The average Bonchev–Trinajstić information content (AvgIpc) is 2.16. The summed E-state index contributed by atoms with van der Waals surface area (Å²) in [5.74, 6) is 1.27. The van der Waals surface area contributed by atoms with Gasteiger partial charge in [-0.3, -0.25) is 0 Å². The minimum absolute atomic E-state index is 0.370. The Bertz CT molecular complexity index is 360. The summed E-state index contributed by atoms with van der Waals surface area (Å²) in [6.07, 6.45) is 0. The zero-order chi connectivity index (χ0) is 9.26. The van der Waals surface area contributed by atoms with Crippen LogP contribution in [0.2, 0.25) is 0 Å². The van der Waals surface area contributed by atoms with Gasteiger partial charge < -0.3 is 16.2 Å². The van der Waals surface area contributed by atoms with Crippen LogP contribution >= 0.6 is 0 Å². The Morgan fingerprint density at radius 2 is 2.31 bits per heavy atom. The lowest BCUT2D eigenvalue weighted by molar-refractivity contribution is 0.371. The first kappa shape index (κ1) is 8.07. The molecule has 1 aliphatic rings. The first-order valence-corrected chi connectivity index (χ1v) is 4.08. The summed E-state index contributed by atoms with van der Waals surface area (Å²) in [5, 5.41) is 0. The molecule has 13 heavy (non-hydrogen) atoms. The van der Waals surface area contributed by atoms with Crippen molar-refractivity contribution in [2.45, 2.75) is 6.54 Å². The molecule has 2 rings (SSSR count). The van der Waals surface area contributed by atoms with Gasteiger partial charge in [-0.2, -0.15) is 0 Å². The quantitative estimate of drug-likeness (QED) is 0.657. The lowest BCUT2D eigenvalue weighted by Gasteiger charge is -2.14. The standard InChI is InChI=1S/C9H11N3O/c10-4-6-1-2-8-7(3-6)12-9(11)5-13-8/h1-3H,4-5,10H2,(H2,11,12). The van der Waals surface area contributed by atoms with E-state index in [9.17, 15) is 0 Å². The maximum Gasteiger partial charge on any atom is 0.145 e. The molecule has 0 amide bonds. The molecule has 1 aliphatic heterocycles. The van der Waals surface area contributed by atoms with Crippen molar-refractivity contribution in [2.24, 2.45) is 16.5 Å². The number of nitrogens with zero attached hydrogens (tertiary/aromatic N) is 1. The number of benzene rings is 1. The highest BCUT2D eigenvalue weighted by molar-refractivity contribution is 5.87. The van der Waals surface area contributed by atoms with Gasteiger partial charge in [-0.1, -0.05) is 6.07 Å². The molecule has 1 aromatic carbocycles. The SMILES string of the molecule is NCc1ccc2c(c1)N=C(N)CO2. The Kier molecular flexibility index (Phi) is 1.90. The van der Waals surface area contributed by atoms with E-state index in [1.54, 1.807) is 0 Å². The summed E-state index contributed by atoms with van der Waals surface area (Å²) in [4.78, 5) is 4.17. The smallest absolute Gasteiger partial charge is 0.145 e. The van der Waals surface area contributed by atoms with Crippen LogP contribution in [0.5, 0.6) is 5.75 Å². The predicted octanol–water partition coefficient (Wildman–Crippen LogP) is 0.526. The average molecular weight is 177 g/mol. The van der Waals surface area contributed by atoms with Crippen molar-refractivity contribution >= 4 is 11.5 Å². The van der Waals surface area contributed by atoms with Gasteiger partial charge in [0.15, 0.2) is 0 Å². The summed E-state index contributed by atoms with van der Waals surface area (Å²) in [5.41, 5.74) is 12.8. The Balaban J connectivity index is 2.45. The minimum Gasteiger partial charge on any atom is -0.483 e. The molecule has 1 heterocycles. The van der Waals surface area contributed by atoms with Crippen molar-refractivity contribution in [3.05, 3.63) is 23.8 Å². The molecule has 0 saturated heterocycles. The molecule has 4 heteroatoms. The second-order valence-corrected chi connectivity index (χ2v) is 2.90. The molecular formula is C9H11N3O. The fraction of sp³-hybridized carbons (Fsp3) is 0.222. The molecule has 0 radical (unpaired) electrons. The van der Waals surface area contributed by atoms with Crippen molar-refractivity contribution in [1.29, 1.82) is 0 Å². The van der Waals surface area contributed by atoms with E-state index < -0.39 is 0 Å². The highest BCUT2D eigenvalue weighted by Gasteiger charge is 2.10. The van der Waals surface area contributed by atoms with Crippen LogP contribution in [0.4, 0.5) is 5.69 Å². The summed E-state index contributed by atoms with van der Waals surface area (Å²) in [6.45, 7) is 0.873. The largest absolute Gasteiger partial charge is 0.483 e. The van der Waals surface area contributed by atoms with Crippen LogP contribution in [-0.4, -0.2) is 12.4 Å². The number of ether oxygens (including phenoxy) is 1. The van der Waals surface area contributed by atoms with E-state index >= 15 is 0 Å². The molecule has 4 N–H and O–H groups in total. The topological polar surface area (TPSA) is 73.6 Å². The predicted molar refractivity (Wildman–Crippen MR) is 51.1 cm³/mol. The fourth-order valence-electron chi connectivity index (χ4n) is 1.24. The van der Waals surface area contributed by atoms with Crippen LogP contribution in [-0.2, 0) is 6.54 Å². The van der Waals surface area contributed by atoms with Crippen molar-refractivity contribution in [2.75, 3.05) is 6.61 Å². The lowest BCUT2D eigenvalue weighted by Crippen LogP contribution is -2.23. The molecule has 4 nitrogen and oxygen atoms in total. The first-order valence-electron chi connectivity index (χ1n) is 4.08. The van der Waals surface area contributed by atoms with Gasteiger partial charge in [-0.15, -0.1) is 0 Å². The van der Waals surface area contributed by atoms with Gasteiger partial charge in [0.05, 0.1) is 0 Å². The van der Waals surface area contributed by atoms with Crippen LogP contribution in [0.3, 0.4) is 0 Å². The van der Waals surface area contributed by atoms with Crippen LogP contribution in [0, 0.1) is 0 Å². The zero-order valence-corrected chi connectivity index (χ0v) is 7.16. The number of amidine groups is 1. The van der Waals surface area contributed by atoms with E-state index in [-0.39, 0.29) is 0 Å². The zero-order valence-electron chi connectivity index (χ0n) is 7.16. The third-order valence-corrected chi connectivity index (χ3v) is 1.90. The van der Waals surface area contributed by atoms with E-state index in [4.69, 9.17) is 16.2 Å². The number of aliphatic imine (C=N–C) groups is 1. The van der Waals surface area contributed by atoms with Gasteiger partial charge in [0.2, 0.25) is 0 Å². The highest BCUT2D eigenvalue weighted by Crippen LogP contribution is 2.30. The van der Waals surface area contributed by atoms with Crippen LogP contribution < -0.4 is 16.2 Å². The molecule has 0 fully saturated rings. The van der Waals surface area contributed by atoms with Crippen molar-refractivity contribution in [3.8, 4) is 5.75 Å². The van der Waals surface area contributed by atoms with Gasteiger partial charge in [-0.05, 0) is 17.7 Å². The highest BCUT2D eigenvalue weighted by atomic mass is 16.5. The van der Waals surface area contributed by atoms with Crippen molar-refractivity contribution < 1.29 is 4.74 Å². The summed E-state index contributed by atoms with van der Waals surface area (Å²) < 4.78 is 5.34. The van der Waals surface area contributed by atoms with E-state index in [0.717, 1.165) is 17.0 Å². The van der Waals surface area contributed by atoms with Gasteiger partial charge in [0.1, 0.15) is 23.9 Å². The Morgan fingerprint density at radius 3 is 3.08 bits per heavy atom. The van der Waals surface area contributed by atoms with Gasteiger partial charge in [0, 0.05) is 6.54 Å².